The Morgan fingerprint density at radius 1 is 0.581 bits per heavy atom. The van der Waals surface area contributed by atoms with Gasteiger partial charge in [0.05, 0.1) is 35.2 Å². The second-order valence-corrected chi connectivity index (χ2v) is 11.3. The van der Waals surface area contributed by atoms with Crippen molar-refractivity contribution < 1.29 is 18.5 Å². The van der Waals surface area contributed by atoms with Crippen molar-refractivity contribution in [1.82, 2.24) is 0 Å². The zero-order valence-corrected chi connectivity index (χ0v) is 22.4. The molecular weight excluding hydrogens is 384 g/mol. The average molecular weight is 443 g/mol. The van der Waals surface area contributed by atoms with Gasteiger partial charge in [0.15, 0.2) is 0 Å². The molecule has 0 aromatic carbocycles. The van der Waals surface area contributed by atoms with Crippen molar-refractivity contribution in [3.8, 4) is 0 Å². The van der Waals surface area contributed by atoms with Gasteiger partial charge in [0, 0.05) is 6.42 Å². The standard InChI is InChI=1S/C27H58N2O2/c1-7-8-9-10-11-12-13-14-15-16-17-18-19-20-21-22-27(30)31-26-25-29(5,6)24-23-28(2,3)4/h7-26H2,1-6H3/q+2. The van der Waals surface area contributed by atoms with Crippen LogP contribution in [0.5, 0.6) is 0 Å². The quantitative estimate of drug-likeness (QED) is 0.108. The monoisotopic (exact) mass is 442 g/mol. The highest BCUT2D eigenvalue weighted by Crippen LogP contribution is 2.14. The third-order valence-corrected chi connectivity index (χ3v) is 6.32. The topological polar surface area (TPSA) is 26.3 Å². The fourth-order valence-corrected chi connectivity index (χ4v) is 3.80. The van der Waals surface area contributed by atoms with E-state index in [0.717, 1.165) is 41.4 Å². The lowest BCUT2D eigenvalue weighted by Gasteiger charge is -2.33. The number of carbonyl (C=O) groups excluding carboxylic acids is 1. The molecule has 0 bridgehead atoms. The minimum absolute atomic E-state index is 0.0127. The van der Waals surface area contributed by atoms with Crippen molar-refractivity contribution in [2.75, 3.05) is 61.5 Å². The molecule has 0 aliphatic heterocycles. The largest absolute Gasteiger partial charge is 0.460 e. The summed E-state index contributed by atoms with van der Waals surface area (Å²) in [5.41, 5.74) is 0. The third kappa shape index (κ3) is 23.9. The molecule has 0 aliphatic carbocycles. The maximum Gasteiger partial charge on any atom is 0.305 e. The molecular formula is C27H58N2O2+2. The van der Waals surface area contributed by atoms with Crippen molar-refractivity contribution in [3.05, 3.63) is 0 Å². The first-order valence-electron chi connectivity index (χ1n) is 13.4. The Labute approximate surface area is 195 Å². The molecule has 0 amide bonds. The van der Waals surface area contributed by atoms with Crippen LogP contribution in [0.25, 0.3) is 0 Å². The summed E-state index contributed by atoms with van der Waals surface area (Å²) in [7, 11) is 11.1. The number of esters is 1. The van der Waals surface area contributed by atoms with Crippen LogP contribution in [-0.4, -0.2) is 76.4 Å². The molecule has 31 heavy (non-hydrogen) atoms. The molecule has 0 N–H and O–H groups in total. The highest BCUT2D eigenvalue weighted by atomic mass is 16.5. The second kappa shape index (κ2) is 18.9. The molecule has 0 rings (SSSR count). The molecule has 0 spiro atoms. The van der Waals surface area contributed by atoms with Gasteiger partial charge in [-0.3, -0.25) is 4.79 Å². The van der Waals surface area contributed by atoms with Crippen LogP contribution in [0.1, 0.15) is 110 Å². The van der Waals surface area contributed by atoms with Crippen LogP contribution in [0, 0.1) is 0 Å². The van der Waals surface area contributed by atoms with E-state index >= 15 is 0 Å². The molecule has 0 fully saturated rings. The van der Waals surface area contributed by atoms with Crippen LogP contribution in [-0.2, 0) is 9.53 Å². The van der Waals surface area contributed by atoms with Crippen molar-refractivity contribution in [2.24, 2.45) is 0 Å². The molecule has 0 radical (unpaired) electrons. The molecule has 0 aromatic rings. The van der Waals surface area contributed by atoms with E-state index in [0.29, 0.717) is 13.0 Å². The van der Waals surface area contributed by atoms with E-state index < -0.39 is 0 Å². The molecule has 186 valence electrons. The Balaban J connectivity index is 3.39. The number of hydrogen-bond acceptors (Lipinski definition) is 2. The highest BCUT2D eigenvalue weighted by Gasteiger charge is 2.20. The molecule has 0 saturated carbocycles. The van der Waals surface area contributed by atoms with Crippen LogP contribution in [0.4, 0.5) is 0 Å². The SMILES string of the molecule is CCCCCCCCCCCCCCCCCC(=O)OCC[N+](C)(C)CC[N+](C)(C)C. The molecule has 0 saturated heterocycles. The van der Waals surface area contributed by atoms with Gasteiger partial charge in [-0.25, -0.2) is 0 Å². The summed E-state index contributed by atoms with van der Waals surface area (Å²) in [6.07, 6.45) is 20.8. The van der Waals surface area contributed by atoms with Crippen LogP contribution in [0.15, 0.2) is 0 Å². The lowest BCUT2D eigenvalue weighted by molar-refractivity contribution is -0.937. The van der Waals surface area contributed by atoms with Gasteiger partial charge in [0.1, 0.15) is 26.2 Å². The summed E-state index contributed by atoms with van der Waals surface area (Å²) in [6, 6.07) is 0. The Morgan fingerprint density at radius 2 is 1.00 bits per heavy atom. The van der Waals surface area contributed by atoms with Gasteiger partial charge in [0.2, 0.25) is 0 Å². The van der Waals surface area contributed by atoms with Gasteiger partial charge in [-0.2, -0.15) is 0 Å². The van der Waals surface area contributed by atoms with Gasteiger partial charge in [-0.15, -0.1) is 0 Å². The normalized spacial score (nSPS) is 12.3. The van der Waals surface area contributed by atoms with Gasteiger partial charge >= 0.3 is 5.97 Å². The van der Waals surface area contributed by atoms with Crippen molar-refractivity contribution in [1.29, 1.82) is 0 Å². The summed E-state index contributed by atoms with van der Waals surface area (Å²) in [4.78, 5) is 11.9. The average Bonchev–Trinajstić information content (AvgIpc) is 2.69. The van der Waals surface area contributed by atoms with E-state index in [-0.39, 0.29) is 5.97 Å². The van der Waals surface area contributed by atoms with Crippen LogP contribution in [0.2, 0.25) is 0 Å². The van der Waals surface area contributed by atoms with Crippen molar-refractivity contribution in [3.63, 3.8) is 0 Å². The maximum atomic E-state index is 11.9. The summed E-state index contributed by atoms with van der Waals surface area (Å²) >= 11 is 0. The minimum Gasteiger partial charge on any atom is -0.460 e. The van der Waals surface area contributed by atoms with Gasteiger partial charge in [-0.1, -0.05) is 96.8 Å². The summed E-state index contributed by atoms with van der Waals surface area (Å²) in [5.74, 6) is -0.0127. The summed E-state index contributed by atoms with van der Waals surface area (Å²) < 4.78 is 7.35. The van der Waals surface area contributed by atoms with Crippen LogP contribution < -0.4 is 0 Å². The van der Waals surface area contributed by atoms with E-state index in [2.05, 4.69) is 42.2 Å². The van der Waals surface area contributed by atoms with E-state index in [1.165, 1.54) is 83.5 Å². The molecule has 0 aliphatic rings. The zero-order valence-electron chi connectivity index (χ0n) is 22.4. The van der Waals surface area contributed by atoms with E-state index in [9.17, 15) is 4.79 Å². The number of hydrogen-bond donors (Lipinski definition) is 0. The Kier molecular flexibility index (Phi) is 18.5. The van der Waals surface area contributed by atoms with E-state index in [1.54, 1.807) is 0 Å². The van der Waals surface area contributed by atoms with Crippen LogP contribution in [0.3, 0.4) is 0 Å². The molecule has 0 heterocycles. The van der Waals surface area contributed by atoms with Gasteiger partial charge in [-0.05, 0) is 6.42 Å². The number of ether oxygens (including phenoxy) is 1. The lowest BCUT2D eigenvalue weighted by atomic mass is 10.0. The summed E-state index contributed by atoms with van der Waals surface area (Å²) in [5, 5.41) is 0. The fourth-order valence-electron chi connectivity index (χ4n) is 3.80. The van der Waals surface area contributed by atoms with Gasteiger partial charge in [0.25, 0.3) is 0 Å². The molecule has 0 aromatic heterocycles. The smallest absolute Gasteiger partial charge is 0.305 e. The number of quaternary nitrogens is 2. The Bertz CT molecular complexity index is 416. The van der Waals surface area contributed by atoms with Gasteiger partial charge < -0.3 is 13.7 Å². The second-order valence-electron chi connectivity index (χ2n) is 11.3. The number of likely N-dealkylation sites (N-methyl/N-ethyl adjacent to an activating group) is 2. The first kappa shape index (κ1) is 30.4. The predicted octanol–water partition coefficient (Wildman–Crippen LogP) is 6.57. The fraction of sp³-hybridized carbons (Fsp3) is 0.963. The van der Waals surface area contributed by atoms with E-state index in [1.807, 2.05) is 0 Å². The molecule has 0 atom stereocenters. The third-order valence-electron chi connectivity index (χ3n) is 6.32. The maximum absolute atomic E-state index is 11.9. The zero-order chi connectivity index (χ0) is 23.4. The number of nitrogens with zero attached hydrogens (tertiary/aromatic N) is 2. The van der Waals surface area contributed by atoms with Crippen LogP contribution >= 0.6 is 0 Å². The predicted molar refractivity (Wildman–Crippen MR) is 135 cm³/mol. The van der Waals surface area contributed by atoms with Crippen molar-refractivity contribution >= 4 is 5.97 Å². The first-order chi connectivity index (χ1) is 14.7. The Morgan fingerprint density at radius 3 is 1.42 bits per heavy atom. The van der Waals surface area contributed by atoms with E-state index in [4.69, 9.17) is 4.74 Å². The molecule has 4 heteroatoms. The number of unbranched alkanes of at least 4 members (excludes halogenated alkanes) is 14. The number of carbonyl (C=O) groups is 1. The minimum atomic E-state index is -0.0127. The highest BCUT2D eigenvalue weighted by molar-refractivity contribution is 5.69. The number of rotatable bonds is 22. The molecule has 4 nitrogen and oxygen atoms in total. The molecule has 0 unspecified atom stereocenters. The lowest BCUT2D eigenvalue weighted by Crippen LogP contribution is -2.50. The van der Waals surface area contributed by atoms with Crippen molar-refractivity contribution in [2.45, 2.75) is 110 Å². The Hall–Kier alpha value is -0.610. The first-order valence-corrected chi connectivity index (χ1v) is 13.4. The summed E-state index contributed by atoms with van der Waals surface area (Å²) in [6.45, 7) is 5.94.